The highest BCUT2D eigenvalue weighted by molar-refractivity contribution is 5.77. The van der Waals surface area contributed by atoms with Gasteiger partial charge in [0.2, 0.25) is 17.7 Å². The molecular formula is C26H26F2N6O2. The monoisotopic (exact) mass is 492 g/mol. The van der Waals surface area contributed by atoms with Gasteiger partial charge in [0.25, 0.3) is 0 Å². The zero-order chi connectivity index (χ0) is 25.2. The van der Waals surface area contributed by atoms with Gasteiger partial charge in [0.05, 0.1) is 0 Å². The second-order valence-corrected chi connectivity index (χ2v) is 9.22. The molecule has 10 heteroatoms. The van der Waals surface area contributed by atoms with Crippen LogP contribution in [-0.2, 0) is 11.3 Å². The number of hydrogen-bond acceptors (Lipinski definition) is 6. The molecule has 1 amide bonds. The standard InChI is InChI=1S/C26H26F2N6O2/c1-16(2)25-30-31-26(36-25)19-11-13-33(14-12-19)22(35)15-34-24(18-5-9-21(28)10-6-18)29-23(32-34)17-3-7-20(27)8-4-17/h3-10,16,19H,11-15H2,1-2H3. The molecule has 4 aromatic rings. The summed E-state index contributed by atoms with van der Waals surface area (Å²) in [4.78, 5) is 19.6. The van der Waals surface area contributed by atoms with Crippen molar-refractivity contribution in [1.29, 1.82) is 0 Å². The van der Waals surface area contributed by atoms with Crippen LogP contribution < -0.4 is 0 Å². The van der Waals surface area contributed by atoms with Crippen LogP contribution >= 0.6 is 0 Å². The molecule has 2 aromatic heterocycles. The molecule has 0 saturated carbocycles. The molecule has 186 valence electrons. The maximum absolute atomic E-state index is 13.5. The van der Waals surface area contributed by atoms with Crippen molar-refractivity contribution in [1.82, 2.24) is 29.9 Å². The lowest BCUT2D eigenvalue weighted by Gasteiger charge is -2.30. The Morgan fingerprint density at radius 3 is 2.17 bits per heavy atom. The van der Waals surface area contributed by atoms with E-state index in [0.29, 0.717) is 47.6 Å². The number of likely N-dealkylation sites (tertiary alicyclic amines) is 1. The predicted molar refractivity (Wildman–Crippen MR) is 128 cm³/mol. The lowest BCUT2D eigenvalue weighted by molar-refractivity contribution is -0.133. The van der Waals surface area contributed by atoms with E-state index in [4.69, 9.17) is 4.42 Å². The number of hydrogen-bond donors (Lipinski definition) is 0. The first kappa shape index (κ1) is 23.8. The van der Waals surface area contributed by atoms with E-state index < -0.39 is 0 Å². The summed E-state index contributed by atoms with van der Waals surface area (Å²) in [5.74, 6) is 1.51. The van der Waals surface area contributed by atoms with Crippen molar-refractivity contribution in [2.45, 2.75) is 45.1 Å². The fraction of sp³-hybridized carbons (Fsp3) is 0.346. The van der Waals surface area contributed by atoms with Crippen LogP contribution in [0.15, 0.2) is 52.9 Å². The smallest absolute Gasteiger partial charge is 0.244 e. The molecule has 0 radical (unpaired) electrons. The van der Waals surface area contributed by atoms with Crippen LogP contribution in [0.1, 0.15) is 50.3 Å². The third kappa shape index (κ3) is 5.02. The highest BCUT2D eigenvalue weighted by Gasteiger charge is 2.28. The van der Waals surface area contributed by atoms with Crippen LogP contribution in [0.4, 0.5) is 8.78 Å². The first-order valence-electron chi connectivity index (χ1n) is 11.9. The molecule has 1 saturated heterocycles. The number of nitrogens with zero attached hydrogens (tertiary/aromatic N) is 6. The van der Waals surface area contributed by atoms with Crippen LogP contribution in [0.2, 0.25) is 0 Å². The molecule has 0 N–H and O–H groups in total. The summed E-state index contributed by atoms with van der Waals surface area (Å²) in [6.45, 7) is 5.11. The molecule has 1 fully saturated rings. The summed E-state index contributed by atoms with van der Waals surface area (Å²) in [5.41, 5.74) is 1.24. The molecule has 0 atom stereocenters. The van der Waals surface area contributed by atoms with Crippen molar-refractivity contribution in [3.8, 4) is 22.8 Å². The van der Waals surface area contributed by atoms with E-state index in [2.05, 4.69) is 20.3 Å². The quantitative estimate of drug-likeness (QED) is 0.384. The van der Waals surface area contributed by atoms with Gasteiger partial charge in [-0.05, 0) is 61.4 Å². The normalized spacial score (nSPS) is 14.5. The Hall–Kier alpha value is -3.95. The van der Waals surface area contributed by atoms with Gasteiger partial charge in [-0.2, -0.15) is 0 Å². The van der Waals surface area contributed by atoms with Gasteiger partial charge in [0.1, 0.15) is 18.2 Å². The molecule has 1 aliphatic rings. The number of carbonyl (C=O) groups is 1. The van der Waals surface area contributed by atoms with E-state index >= 15 is 0 Å². The number of aromatic nitrogens is 5. The van der Waals surface area contributed by atoms with E-state index in [0.717, 1.165) is 12.8 Å². The van der Waals surface area contributed by atoms with Crippen molar-refractivity contribution in [2.75, 3.05) is 13.1 Å². The molecule has 1 aliphatic heterocycles. The summed E-state index contributed by atoms with van der Waals surface area (Å²) in [6.07, 6.45) is 1.46. The third-order valence-corrected chi connectivity index (χ3v) is 6.31. The van der Waals surface area contributed by atoms with Crippen LogP contribution in [0, 0.1) is 11.6 Å². The van der Waals surface area contributed by atoms with Crippen molar-refractivity contribution < 1.29 is 18.0 Å². The molecule has 0 unspecified atom stereocenters. The molecule has 36 heavy (non-hydrogen) atoms. The molecular weight excluding hydrogens is 466 g/mol. The Morgan fingerprint density at radius 2 is 1.58 bits per heavy atom. The first-order chi connectivity index (χ1) is 17.4. The van der Waals surface area contributed by atoms with Gasteiger partial charge < -0.3 is 9.32 Å². The summed E-state index contributed by atoms with van der Waals surface area (Å²) in [7, 11) is 0. The minimum absolute atomic E-state index is 0.0242. The Kier molecular flexibility index (Phi) is 6.58. The zero-order valence-corrected chi connectivity index (χ0v) is 20.1. The Morgan fingerprint density at radius 1 is 0.972 bits per heavy atom. The van der Waals surface area contributed by atoms with E-state index in [1.165, 1.54) is 28.9 Å². The van der Waals surface area contributed by atoms with E-state index in [-0.39, 0.29) is 35.9 Å². The molecule has 3 heterocycles. The molecule has 0 spiro atoms. The number of halogens is 2. The van der Waals surface area contributed by atoms with Gasteiger partial charge in [-0.3, -0.25) is 4.79 Å². The van der Waals surface area contributed by atoms with Crippen molar-refractivity contribution in [3.05, 3.63) is 71.9 Å². The number of piperidine rings is 1. The SMILES string of the molecule is CC(C)c1nnc(C2CCN(C(=O)Cn3nc(-c4ccc(F)cc4)nc3-c3ccc(F)cc3)CC2)o1. The van der Waals surface area contributed by atoms with Crippen molar-refractivity contribution in [3.63, 3.8) is 0 Å². The van der Waals surface area contributed by atoms with Gasteiger partial charge >= 0.3 is 0 Å². The highest BCUT2D eigenvalue weighted by atomic mass is 19.1. The van der Waals surface area contributed by atoms with Crippen LogP contribution in [0.5, 0.6) is 0 Å². The average molecular weight is 493 g/mol. The number of rotatable bonds is 6. The van der Waals surface area contributed by atoms with Gasteiger partial charge in [-0.1, -0.05) is 13.8 Å². The number of amides is 1. The molecule has 0 bridgehead atoms. The maximum Gasteiger partial charge on any atom is 0.244 e. The van der Waals surface area contributed by atoms with Gasteiger partial charge in [-0.25, -0.2) is 18.4 Å². The van der Waals surface area contributed by atoms with Crippen LogP contribution in [0.3, 0.4) is 0 Å². The minimum Gasteiger partial charge on any atom is -0.425 e. The first-order valence-corrected chi connectivity index (χ1v) is 11.9. The zero-order valence-electron chi connectivity index (χ0n) is 20.1. The molecule has 0 aliphatic carbocycles. The summed E-state index contributed by atoms with van der Waals surface area (Å²) >= 11 is 0. The van der Waals surface area contributed by atoms with Crippen molar-refractivity contribution >= 4 is 5.91 Å². The summed E-state index contributed by atoms with van der Waals surface area (Å²) < 4.78 is 34.2. The maximum atomic E-state index is 13.5. The molecule has 5 rings (SSSR count). The van der Waals surface area contributed by atoms with Gasteiger partial charge in [0.15, 0.2) is 11.6 Å². The minimum atomic E-state index is -0.371. The molecule has 2 aromatic carbocycles. The fourth-order valence-electron chi connectivity index (χ4n) is 4.23. The summed E-state index contributed by atoms with van der Waals surface area (Å²) in [5, 5.41) is 12.8. The summed E-state index contributed by atoms with van der Waals surface area (Å²) in [6, 6.07) is 11.7. The second-order valence-electron chi connectivity index (χ2n) is 9.22. The van der Waals surface area contributed by atoms with Gasteiger partial charge in [0, 0.05) is 36.1 Å². The Balaban J connectivity index is 1.33. The Labute approximate surface area is 207 Å². The topological polar surface area (TPSA) is 89.9 Å². The van der Waals surface area contributed by atoms with E-state index in [9.17, 15) is 13.6 Å². The lowest BCUT2D eigenvalue weighted by atomic mass is 9.97. The van der Waals surface area contributed by atoms with E-state index in [1.807, 2.05) is 13.8 Å². The average Bonchev–Trinajstić information content (AvgIpc) is 3.53. The lowest BCUT2D eigenvalue weighted by Crippen LogP contribution is -2.40. The third-order valence-electron chi connectivity index (χ3n) is 6.31. The Bertz CT molecular complexity index is 1340. The number of benzene rings is 2. The highest BCUT2D eigenvalue weighted by Crippen LogP contribution is 2.29. The fourth-order valence-corrected chi connectivity index (χ4v) is 4.23. The van der Waals surface area contributed by atoms with E-state index in [1.54, 1.807) is 29.2 Å². The second kappa shape index (κ2) is 9.96. The molecule has 8 nitrogen and oxygen atoms in total. The van der Waals surface area contributed by atoms with Crippen LogP contribution in [-0.4, -0.2) is 48.9 Å². The van der Waals surface area contributed by atoms with Gasteiger partial charge in [-0.15, -0.1) is 15.3 Å². The van der Waals surface area contributed by atoms with Crippen molar-refractivity contribution in [2.24, 2.45) is 0 Å². The van der Waals surface area contributed by atoms with Crippen LogP contribution in [0.25, 0.3) is 22.8 Å². The predicted octanol–water partition coefficient (Wildman–Crippen LogP) is 4.80. The largest absolute Gasteiger partial charge is 0.425 e. The number of carbonyl (C=O) groups excluding carboxylic acids is 1.